The Labute approximate surface area is 101 Å². The molecule has 1 saturated heterocycles. The normalized spacial score (nSPS) is 17.9. The first-order chi connectivity index (χ1) is 8.15. The van der Waals surface area contributed by atoms with Gasteiger partial charge in [-0.05, 0) is 25.8 Å². The van der Waals surface area contributed by atoms with Gasteiger partial charge in [0.1, 0.15) is 0 Å². The first-order valence-corrected chi connectivity index (χ1v) is 5.63. The molecule has 0 atom stereocenters. The third-order valence-electron chi connectivity index (χ3n) is 2.62. The number of amides is 2. The Balaban J connectivity index is 2.46. The summed E-state index contributed by atoms with van der Waals surface area (Å²) in [5, 5.41) is 6.94. The van der Waals surface area contributed by atoms with E-state index in [1.807, 2.05) is 6.92 Å². The van der Waals surface area contributed by atoms with E-state index >= 15 is 0 Å². The molecule has 1 aliphatic heterocycles. The third kappa shape index (κ3) is 4.30. The standard InChI is InChI=1S/C12H17N3O2/c1-10(6-8-14-13-2)7-9-15-11(16)4-3-5-12(15)17/h6,8H,2-5,7,9H2,1H3/b10-6+,14-8-. The maximum absolute atomic E-state index is 11.5. The molecule has 0 radical (unpaired) electrons. The highest BCUT2D eigenvalue weighted by Crippen LogP contribution is 2.13. The Morgan fingerprint density at radius 3 is 2.65 bits per heavy atom. The minimum atomic E-state index is -0.0597. The van der Waals surface area contributed by atoms with Crippen LogP contribution in [0.4, 0.5) is 0 Å². The molecular weight excluding hydrogens is 218 g/mol. The average Bonchev–Trinajstić information content (AvgIpc) is 2.29. The molecule has 1 rings (SSSR count). The van der Waals surface area contributed by atoms with Crippen LogP contribution in [0.15, 0.2) is 21.9 Å². The van der Waals surface area contributed by atoms with E-state index in [-0.39, 0.29) is 11.8 Å². The van der Waals surface area contributed by atoms with Gasteiger partial charge in [0.05, 0.1) is 0 Å². The van der Waals surface area contributed by atoms with E-state index in [0.29, 0.717) is 32.2 Å². The fourth-order valence-electron chi connectivity index (χ4n) is 1.63. The Bertz CT molecular complexity index is 356. The molecule has 0 aliphatic carbocycles. The number of imide groups is 1. The molecule has 0 saturated carbocycles. The second kappa shape index (κ2) is 6.73. The van der Waals surface area contributed by atoms with Crippen molar-refractivity contribution < 1.29 is 9.59 Å². The summed E-state index contributed by atoms with van der Waals surface area (Å²) >= 11 is 0. The number of piperidine rings is 1. The Morgan fingerprint density at radius 2 is 2.06 bits per heavy atom. The van der Waals surface area contributed by atoms with Gasteiger partial charge in [-0.15, -0.1) is 0 Å². The van der Waals surface area contributed by atoms with E-state index in [0.717, 1.165) is 5.57 Å². The van der Waals surface area contributed by atoms with Gasteiger partial charge in [-0.3, -0.25) is 14.5 Å². The summed E-state index contributed by atoms with van der Waals surface area (Å²) in [4.78, 5) is 24.4. The maximum Gasteiger partial charge on any atom is 0.229 e. The summed E-state index contributed by atoms with van der Waals surface area (Å²) in [5.41, 5.74) is 1.04. The topological polar surface area (TPSA) is 62.1 Å². The van der Waals surface area contributed by atoms with E-state index in [1.54, 1.807) is 12.3 Å². The van der Waals surface area contributed by atoms with Crippen LogP contribution >= 0.6 is 0 Å². The number of hydrogen-bond donors (Lipinski definition) is 0. The lowest BCUT2D eigenvalue weighted by Gasteiger charge is -2.24. The molecule has 92 valence electrons. The second-order valence-corrected chi connectivity index (χ2v) is 3.96. The zero-order chi connectivity index (χ0) is 12.7. The minimum absolute atomic E-state index is 0.0597. The number of allylic oxidation sites excluding steroid dienone is 1. The second-order valence-electron chi connectivity index (χ2n) is 3.96. The molecule has 0 aromatic carbocycles. The monoisotopic (exact) mass is 235 g/mol. The number of carbonyl (C=O) groups is 2. The molecular formula is C12H17N3O2. The largest absolute Gasteiger partial charge is 0.282 e. The highest BCUT2D eigenvalue weighted by Gasteiger charge is 2.24. The molecule has 2 amide bonds. The van der Waals surface area contributed by atoms with Crippen LogP contribution in [0.5, 0.6) is 0 Å². The van der Waals surface area contributed by atoms with Crippen molar-refractivity contribution in [3.63, 3.8) is 0 Å². The van der Waals surface area contributed by atoms with Gasteiger partial charge in [-0.1, -0.05) is 5.57 Å². The van der Waals surface area contributed by atoms with Crippen LogP contribution < -0.4 is 0 Å². The van der Waals surface area contributed by atoms with Crippen molar-refractivity contribution in [2.24, 2.45) is 10.2 Å². The summed E-state index contributed by atoms with van der Waals surface area (Å²) in [6.07, 6.45) is 5.66. The highest BCUT2D eigenvalue weighted by molar-refractivity contribution is 5.97. The van der Waals surface area contributed by atoms with Crippen molar-refractivity contribution in [1.82, 2.24) is 4.90 Å². The van der Waals surface area contributed by atoms with E-state index in [4.69, 9.17) is 0 Å². The van der Waals surface area contributed by atoms with E-state index in [2.05, 4.69) is 16.9 Å². The first-order valence-electron chi connectivity index (χ1n) is 5.63. The van der Waals surface area contributed by atoms with Crippen molar-refractivity contribution in [1.29, 1.82) is 0 Å². The van der Waals surface area contributed by atoms with Crippen molar-refractivity contribution in [3.8, 4) is 0 Å². The molecule has 0 bridgehead atoms. The predicted octanol–water partition coefficient (Wildman–Crippen LogP) is 1.55. The van der Waals surface area contributed by atoms with Gasteiger partial charge in [0.25, 0.3) is 0 Å². The smallest absolute Gasteiger partial charge is 0.229 e. The van der Waals surface area contributed by atoms with Crippen LogP contribution in [-0.2, 0) is 9.59 Å². The fourth-order valence-corrected chi connectivity index (χ4v) is 1.63. The number of hydrogen-bond acceptors (Lipinski definition) is 4. The first kappa shape index (κ1) is 13.3. The summed E-state index contributed by atoms with van der Waals surface area (Å²) in [6.45, 7) is 5.60. The van der Waals surface area contributed by atoms with Gasteiger partial charge in [-0.25, -0.2) is 0 Å². The van der Waals surface area contributed by atoms with Crippen LogP contribution in [-0.4, -0.2) is 36.2 Å². The van der Waals surface area contributed by atoms with Crippen molar-refractivity contribution in [2.45, 2.75) is 32.6 Å². The number of rotatable bonds is 5. The Hall–Kier alpha value is -1.78. The lowest BCUT2D eigenvalue weighted by Crippen LogP contribution is -2.40. The van der Waals surface area contributed by atoms with Crippen LogP contribution in [0, 0.1) is 0 Å². The maximum atomic E-state index is 11.5. The predicted molar refractivity (Wildman–Crippen MR) is 67.0 cm³/mol. The molecule has 5 nitrogen and oxygen atoms in total. The van der Waals surface area contributed by atoms with Crippen LogP contribution in [0.2, 0.25) is 0 Å². The molecule has 1 heterocycles. The quantitative estimate of drug-likeness (QED) is 0.412. The van der Waals surface area contributed by atoms with Crippen LogP contribution in [0.1, 0.15) is 32.6 Å². The molecule has 0 aromatic heterocycles. The van der Waals surface area contributed by atoms with Gasteiger partial charge in [0.2, 0.25) is 11.8 Å². The van der Waals surface area contributed by atoms with E-state index < -0.39 is 0 Å². The lowest BCUT2D eigenvalue weighted by atomic mass is 10.1. The minimum Gasteiger partial charge on any atom is -0.282 e. The zero-order valence-electron chi connectivity index (χ0n) is 10.1. The number of carbonyl (C=O) groups excluding carboxylic acids is 2. The Morgan fingerprint density at radius 1 is 1.41 bits per heavy atom. The van der Waals surface area contributed by atoms with Crippen molar-refractivity contribution in [2.75, 3.05) is 6.54 Å². The van der Waals surface area contributed by atoms with Gasteiger partial charge < -0.3 is 0 Å². The summed E-state index contributed by atoms with van der Waals surface area (Å²) < 4.78 is 0. The Kier molecular flexibility index (Phi) is 5.26. The van der Waals surface area contributed by atoms with Crippen LogP contribution in [0.3, 0.4) is 0 Å². The SMILES string of the molecule is C=N/N=C\C=C(/C)CCN1C(=O)CCCC1=O. The highest BCUT2D eigenvalue weighted by atomic mass is 16.2. The van der Waals surface area contributed by atoms with Crippen LogP contribution in [0.25, 0.3) is 0 Å². The molecule has 17 heavy (non-hydrogen) atoms. The van der Waals surface area contributed by atoms with Gasteiger partial charge >= 0.3 is 0 Å². The third-order valence-corrected chi connectivity index (χ3v) is 2.62. The molecule has 5 heteroatoms. The lowest BCUT2D eigenvalue weighted by molar-refractivity contribution is -0.147. The van der Waals surface area contributed by atoms with Gasteiger partial charge in [0.15, 0.2) is 0 Å². The van der Waals surface area contributed by atoms with E-state index in [9.17, 15) is 9.59 Å². The molecule has 1 fully saturated rings. The zero-order valence-corrected chi connectivity index (χ0v) is 10.1. The summed E-state index contributed by atoms with van der Waals surface area (Å²) in [5.74, 6) is -0.119. The van der Waals surface area contributed by atoms with Gasteiger partial charge in [-0.2, -0.15) is 10.2 Å². The van der Waals surface area contributed by atoms with E-state index in [1.165, 1.54) is 4.90 Å². The molecule has 0 spiro atoms. The molecule has 0 unspecified atom stereocenters. The molecule has 0 N–H and O–H groups in total. The van der Waals surface area contributed by atoms with Crippen molar-refractivity contribution >= 4 is 24.7 Å². The molecule has 0 aromatic rings. The fraction of sp³-hybridized carbons (Fsp3) is 0.500. The summed E-state index contributed by atoms with van der Waals surface area (Å²) in [6, 6.07) is 0. The molecule has 1 aliphatic rings. The average molecular weight is 235 g/mol. The summed E-state index contributed by atoms with van der Waals surface area (Å²) in [7, 11) is 0. The van der Waals surface area contributed by atoms with Gasteiger partial charge in [0, 0.05) is 32.3 Å². The number of likely N-dealkylation sites (tertiary alicyclic amines) is 1. The van der Waals surface area contributed by atoms with Crippen molar-refractivity contribution in [3.05, 3.63) is 11.6 Å². The number of nitrogens with zero attached hydrogens (tertiary/aromatic N) is 3.